The molecule has 0 bridgehead atoms. The number of amides is 1. The van der Waals surface area contributed by atoms with Crippen molar-refractivity contribution in [1.29, 1.82) is 0 Å². The van der Waals surface area contributed by atoms with Crippen LogP contribution in [-0.2, 0) is 0 Å². The Hall–Kier alpha value is -1.58. The van der Waals surface area contributed by atoms with E-state index in [0.717, 1.165) is 37.0 Å². The van der Waals surface area contributed by atoms with Crippen LogP contribution in [0.25, 0.3) is 10.8 Å². The van der Waals surface area contributed by atoms with Crippen molar-refractivity contribution in [2.45, 2.75) is 12.8 Å². The Labute approximate surface area is 138 Å². The zero-order valence-electron chi connectivity index (χ0n) is 12.9. The van der Waals surface area contributed by atoms with Gasteiger partial charge in [0.1, 0.15) is 0 Å². The van der Waals surface area contributed by atoms with Gasteiger partial charge in [0.05, 0.1) is 0 Å². The summed E-state index contributed by atoms with van der Waals surface area (Å²) in [5.41, 5.74) is 0.804. The number of piperidine rings is 1. The summed E-state index contributed by atoms with van der Waals surface area (Å²) >= 11 is 0. The van der Waals surface area contributed by atoms with E-state index in [4.69, 9.17) is 0 Å². The molecule has 1 fully saturated rings. The van der Waals surface area contributed by atoms with Gasteiger partial charge in [-0.15, -0.1) is 12.4 Å². The van der Waals surface area contributed by atoms with Crippen molar-refractivity contribution in [3.8, 4) is 0 Å². The number of likely N-dealkylation sites (tertiary alicyclic amines) is 1. The van der Waals surface area contributed by atoms with Crippen LogP contribution in [0.15, 0.2) is 42.5 Å². The molecule has 2 aromatic carbocycles. The van der Waals surface area contributed by atoms with E-state index in [1.807, 2.05) is 42.3 Å². The van der Waals surface area contributed by atoms with E-state index >= 15 is 0 Å². The second-order valence-electron chi connectivity index (χ2n) is 5.88. The zero-order chi connectivity index (χ0) is 14.7. The molecule has 1 aliphatic rings. The van der Waals surface area contributed by atoms with Crippen LogP contribution in [0.3, 0.4) is 0 Å². The van der Waals surface area contributed by atoms with Crippen molar-refractivity contribution >= 4 is 29.1 Å². The number of nitrogens with zero attached hydrogens (tertiary/aromatic N) is 1. The Morgan fingerprint density at radius 3 is 2.77 bits per heavy atom. The number of halogens is 1. The largest absolute Gasteiger partial charge is 0.338 e. The van der Waals surface area contributed by atoms with E-state index in [1.165, 1.54) is 11.8 Å². The third-order valence-corrected chi connectivity index (χ3v) is 4.30. The van der Waals surface area contributed by atoms with E-state index < -0.39 is 0 Å². The predicted octanol–water partition coefficient (Wildman–Crippen LogP) is 3.33. The molecule has 3 rings (SSSR count). The van der Waals surface area contributed by atoms with E-state index in [-0.39, 0.29) is 18.3 Å². The Kier molecular flexibility index (Phi) is 5.81. The lowest BCUT2D eigenvalue weighted by Crippen LogP contribution is -2.42. The van der Waals surface area contributed by atoms with Gasteiger partial charge >= 0.3 is 0 Å². The molecule has 1 saturated heterocycles. The van der Waals surface area contributed by atoms with Gasteiger partial charge < -0.3 is 10.2 Å². The van der Waals surface area contributed by atoms with Crippen LogP contribution in [0.5, 0.6) is 0 Å². The van der Waals surface area contributed by atoms with Gasteiger partial charge in [0.2, 0.25) is 0 Å². The number of rotatable bonds is 3. The second kappa shape index (κ2) is 7.61. The average Bonchev–Trinajstić information content (AvgIpc) is 2.54. The normalized spacial score (nSPS) is 18.0. The fourth-order valence-electron chi connectivity index (χ4n) is 3.21. The van der Waals surface area contributed by atoms with Crippen LogP contribution in [0, 0.1) is 5.92 Å². The first kappa shape index (κ1) is 16.8. The highest BCUT2D eigenvalue weighted by atomic mass is 35.5. The van der Waals surface area contributed by atoms with Gasteiger partial charge in [-0.25, -0.2) is 0 Å². The van der Waals surface area contributed by atoms with Crippen LogP contribution in [0.4, 0.5) is 0 Å². The maximum absolute atomic E-state index is 12.7. The van der Waals surface area contributed by atoms with E-state index in [1.54, 1.807) is 0 Å². The molecule has 0 radical (unpaired) electrons. The minimum absolute atomic E-state index is 0. The molecule has 0 saturated carbocycles. The van der Waals surface area contributed by atoms with Crippen LogP contribution in [0.2, 0.25) is 0 Å². The molecule has 4 heteroatoms. The van der Waals surface area contributed by atoms with Crippen molar-refractivity contribution in [1.82, 2.24) is 10.2 Å². The van der Waals surface area contributed by atoms with E-state index in [0.29, 0.717) is 5.92 Å². The molecule has 0 spiro atoms. The first-order valence-corrected chi connectivity index (χ1v) is 7.70. The smallest absolute Gasteiger partial charge is 0.253 e. The Morgan fingerprint density at radius 1 is 1.23 bits per heavy atom. The van der Waals surface area contributed by atoms with Gasteiger partial charge in [0, 0.05) is 18.7 Å². The van der Waals surface area contributed by atoms with Crippen molar-refractivity contribution in [2.75, 3.05) is 26.7 Å². The summed E-state index contributed by atoms with van der Waals surface area (Å²) in [6.45, 7) is 2.74. The molecular formula is C18H23ClN2O. The van der Waals surface area contributed by atoms with Gasteiger partial charge in [0.25, 0.3) is 5.91 Å². The molecule has 1 unspecified atom stereocenters. The number of benzene rings is 2. The standard InChI is InChI=1S/C18H22N2O.ClH/c1-19-12-14-5-4-10-20(13-14)18(21)17-9-8-15-6-2-3-7-16(15)11-17;/h2-3,6-9,11,14,19H,4-5,10,12-13H2,1H3;1H. The molecule has 1 N–H and O–H groups in total. The highest BCUT2D eigenvalue weighted by molar-refractivity contribution is 5.98. The molecule has 3 nitrogen and oxygen atoms in total. The predicted molar refractivity (Wildman–Crippen MR) is 93.8 cm³/mol. The summed E-state index contributed by atoms with van der Waals surface area (Å²) in [4.78, 5) is 14.7. The second-order valence-corrected chi connectivity index (χ2v) is 5.88. The first-order chi connectivity index (χ1) is 10.3. The molecule has 0 aromatic heterocycles. The monoisotopic (exact) mass is 318 g/mol. The first-order valence-electron chi connectivity index (χ1n) is 7.70. The molecule has 118 valence electrons. The van der Waals surface area contributed by atoms with Crippen molar-refractivity contribution < 1.29 is 4.79 Å². The summed E-state index contributed by atoms with van der Waals surface area (Å²) < 4.78 is 0. The SMILES string of the molecule is CNCC1CCCN(C(=O)c2ccc3ccccc3c2)C1.Cl. The number of hydrogen-bond acceptors (Lipinski definition) is 2. The lowest BCUT2D eigenvalue weighted by Gasteiger charge is -2.32. The summed E-state index contributed by atoms with van der Waals surface area (Å²) in [5.74, 6) is 0.745. The van der Waals surface area contributed by atoms with E-state index in [9.17, 15) is 4.79 Å². The van der Waals surface area contributed by atoms with Gasteiger partial charge in [-0.2, -0.15) is 0 Å². The molecule has 22 heavy (non-hydrogen) atoms. The van der Waals surface area contributed by atoms with Crippen LogP contribution < -0.4 is 5.32 Å². The summed E-state index contributed by atoms with van der Waals surface area (Å²) in [7, 11) is 1.98. The molecule has 2 aromatic rings. The molecule has 1 atom stereocenters. The van der Waals surface area contributed by atoms with Gasteiger partial charge in [0.15, 0.2) is 0 Å². The number of hydrogen-bond donors (Lipinski definition) is 1. The number of fused-ring (bicyclic) bond motifs is 1. The summed E-state index contributed by atoms with van der Waals surface area (Å²) in [5, 5.41) is 5.54. The molecule has 1 aliphatic heterocycles. The summed E-state index contributed by atoms with van der Waals surface area (Å²) in [6.07, 6.45) is 2.31. The highest BCUT2D eigenvalue weighted by Crippen LogP contribution is 2.21. The van der Waals surface area contributed by atoms with Crippen molar-refractivity contribution in [2.24, 2.45) is 5.92 Å². The molecule has 0 aliphatic carbocycles. The molecular weight excluding hydrogens is 296 g/mol. The maximum atomic E-state index is 12.7. The third kappa shape index (κ3) is 3.60. The lowest BCUT2D eigenvalue weighted by atomic mass is 9.97. The van der Waals surface area contributed by atoms with Gasteiger partial charge in [-0.05, 0) is 55.3 Å². The summed E-state index contributed by atoms with van der Waals surface area (Å²) in [6, 6.07) is 14.2. The number of nitrogens with one attached hydrogen (secondary N) is 1. The fourth-order valence-corrected chi connectivity index (χ4v) is 3.21. The maximum Gasteiger partial charge on any atom is 0.253 e. The van der Waals surface area contributed by atoms with Crippen LogP contribution in [0.1, 0.15) is 23.2 Å². The van der Waals surface area contributed by atoms with Crippen LogP contribution >= 0.6 is 12.4 Å². The lowest BCUT2D eigenvalue weighted by molar-refractivity contribution is 0.0674. The number of carbonyl (C=O) groups is 1. The Bertz CT molecular complexity index is 642. The number of carbonyl (C=O) groups excluding carboxylic acids is 1. The fraction of sp³-hybridized carbons (Fsp3) is 0.389. The molecule has 1 amide bonds. The van der Waals surface area contributed by atoms with Crippen molar-refractivity contribution in [3.63, 3.8) is 0 Å². The van der Waals surface area contributed by atoms with E-state index in [2.05, 4.69) is 17.4 Å². The van der Waals surface area contributed by atoms with Crippen LogP contribution in [-0.4, -0.2) is 37.5 Å². The van der Waals surface area contributed by atoms with Gasteiger partial charge in [-0.1, -0.05) is 30.3 Å². The molecule has 1 heterocycles. The topological polar surface area (TPSA) is 32.3 Å². The zero-order valence-corrected chi connectivity index (χ0v) is 13.7. The van der Waals surface area contributed by atoms with Crippen molar-refractivity contribution in [3.05, 3.63) is 48.0 Å². The Morgan fingerprint density at radius 2 is 2.00 bits per heavy atom. The minimum Gasteiger partial charge on any atom is -0.338 e. The minimum atomic E-state index is 0. The average molecular weight is 319 g/mol. The quantitative estimate of drug-likeness (QED) is 0.941. The van der Waals surface area contributed by atoms with Gasteiger partial charge in [-0.3, -0.25) is 4.79 Å². The third-order valence-electron chi connectivity index (χ3n) is 4.30. The highest BCUT2D eigenvalue weighted by Gasteiger charge is 2.24. The Balaban J connectivity index is 0.00000176.